The lowest BCUT2D eigenvalue weighted by atomic mass is 9.99. The molecule has 4 nitrogen and oxygen atoms in total. The van der Waals surface area contributed by atoms with Gasteiger partial charge in [0.2, 0.25) is 5.91 Å². The molecule has 3 fully saturated rings. The quantitative estimate of drug-likeness (QED) is 0.843. The van der Waals surface area contributed by atoms with Crippen molar-refractivity contribution in [3.63, 3.8) is 0 Å². The van der Waals surface area contributed by atoms with Crippen molar-refractivity contribution in [1.82, 2.24) is 9.80 Å². The highest BCUT2D eigenvalue weighted by atomic mass is 35.5. The summed E-state index contributed by atoms with van der Waals surface area (Å²) in [6, 6.07) is 0.710. The predicted molar refractivity (Wildman–Crippen MR) is 85.7 cm³/mol. The summed E-state index contributed by atoms with van der Waals surface area (Å²) in [6.45, 7) is 4.36. The topological polar surface area (TPSA) is 49.6 Å². The first-order chi connectivity index (χ1) is 8.69. The first-order valence-electron chi connectivity index (χ1n) is 7.51. The number of halogens is 2. The van der Waals surface area contributed by atoms with Gasteiger partial charge in [0.05, 0.1) is 5.54 Å². The van der Waals surface area contributed by atoms with Gasteiger partial charge in [-0.05, 0) is 51.6 Å². The van der Waals surface area contributed by atoms with Gasteiger partial charge >= 0.3 is 0 Å². The van der Waals surface area contributed by atoms with Crippen molar-refractivity contribution in [2.75, 3.05) is 26.2 Å². The van der Waals surface area contributed by atoms with Crippen molar-refractivity contribution in [1.29, 1.82) is 0 Å². The van der Waals surface area contributed by atoms with Gasteiger partial charge in [-0.2, -0.15) is 0 Å². The van der Waals surface area contributed by atoms with Crippen molar-refractivity contribution in [2.45, 2.75) is 56.5 Å². The second-order valence-corrected chi connectivity index (χ2v) is 6.28. The second-order valence-electron chi connectivity index (χ2n) is 6.28. The molecule has 0 radical (unpaired) electrons. The number of hydrogen-bond donors (Lipinski definition) is 1. The Morgan fingerprint density at radius 3 is 2.00 bits per heavy atom. The molecule has 0 bridgehead atoms. The van der Waals surface area contributed by atoms with Gasteiger partial charge < -0.3 is 15.5 Å². The Morgan fingerprint density at radius 1 is 0.950 bits per heavy atom. The third-order valence-electron chi connectivity index (χ3n) is 4.87. The average Bonchev–Trinajstić information content (AvgIpc) is 3.18. The van der Waals surface area contributed by atoms with Crippen LogP contribution >= 0.6 is 24.8 Å². The van der Waals surface area contributed by atoms with E-state index < -0.39 is 5.54 Å². The Hall–Kier alpha value is -0.0300. The zero-order chi connectivity index (χ0) is 12.6. The minimum atomic E-state index is -0.474. The summed E-state index contributed by atoms with van der Waals surface area (Å²) < 4.78 is 0. The first kappa shape index (κ1) is 18.0. The van der Waals surface area contributed by atoms with Crippen LogP contribution in [0.25, 0.3) is 0 Å². The molecule has 0 atom stereocenters. The molecule has 2 N–H and O–H groups in total. The standard InChI is InChI=1S/C14H25N3O.2ClH/c15-14(6-7-14)13(18)17-10-4-12(5-11-17)16-8-2-1-3-9-16;;/h12H,1-11,15H2;2*1H. The molecule has 2 saturated heterocycles. The van der Waals surface area contributed by atoms with Crippen LogP contribution in [0.15, 0.2) is 0 Å². The fourth-order valence-electron chi connectivity index (χ4n) is 3.38. The molecule has 0 aromatic carbocycles. The molecular formula is C14H27Cl2N3O. The lowest BCUT2D eigenvalue weighted by Crippen LogP contribution is -2.52. The van der Waals surface area contributed by atoms with Crippen LogP contribution in [-0.2, 0) is 4.79 Å². The number of rotatable bonds is 2. The van der Waals surface area contributed by atoms with E-state index in [-0.39, 0.29) is 30.7 Å². The van der Waals surface area contributed by atoms with Gasteiger partial charge in [0.1, 0.15) is 0 Å². The normalized spacial score (nSPS) is 26.4. The van der Waals surface area contributed by atoms with E-state index in [4.69, 9.17) is 5.73 Å². The Labute approximate surface area is 134 Å². The maximum Gasteiger partial charge on any atom is 0.242 e. The molecule has 1 aliphatic carbocycles. The third kappa shape index (κ3) is 3.79. The van der Waals surface area contributed by atoms with Crippen LogP contribution < -0.4 is 5.73 Å². The molecule has 1 saturated carbocycles. The lowest BCUT2D eigenvalue weighted by Gasteiger charge is -2.40. The molecule has 3 aliphatic rings. The van der Waals surface area contributed by atoms with Crippen LogP contribution in [0.3, 0.4) is 0 Å². The Bertz CT molecular complexity index is 322. The van der Waals surface area contributed by atoms with E-state index in [1.165, 1.54) is 32.4 Å². The highest BCUT2D eigenvalue weighted by Gasteiger charge is 2.48. The minimum Gasteiger partial charge on any atom is -0.341 e. The van der Waals surface area contributed by atoms with Crippen LogP contribution in [0.2, 0.25) is 0 Å². The van der Waals surface area contributed by atoms with Crippen molar-refractivity contribution < 1.29 is 4.79 Å². The number of carbonyl (C=O) groups excluding carboxylic acids is 1. The molecule has 20 heavy (non-hydrogen) atoms. The van der Waals surface area contributed by atoms with Gasteiger partial charge in [0.25, 0.3) is 0 Å². The second kappa shape index (κ2) is 7.30. The van der Waals surface area contributed by atoms with Gasteiger partial charge in [-0.3, -0.25) is 4.79 Å². The molecule has 3 rings (SSSR count). The van der Waals surface area contributed by atoms with Crippen LogP contribution in [0.5, 0.6) is 0 Å². The largest absolute Gasteiger partial charge is 0.341 e. The van der Waals surface area contributed by atoms with Crippen molar-refractivity contribution >= 4 is 30.7 Å². The van der Waals surface area contributed by atoms with Crippen molar-refractivity contribution in [3.8, 4) is 0 Å². The highest BCUT2D eigenvalue weighted by molar-refractivity contribution is 5.89. The van der Waals surface area contributed by atoms with E-state index in [1.54, 1.807) is 0 Å². The van der Waals surface area contributed by atoms with Gasteiger partial charge in [-0.1, -0.05) is 6.42 Å². The van der Waals surface area contributed by atoms with E-state index in [2.05, 4.69) is 4.90 Å². The van der Waals surface area contributed by atoms with E-state index in [0.29, 0.717) is 6.04 Å². The minimum absolute atomic E-state index is 0. The zero-order valence-corrected chi connectivity index (χ0v) is 13.7. The number of likely N-dealkylation sites (tertiary alicyclic amines) is 2. The summed E-state index contributed by atoms with van der Waals surface area (Å²) in [6.07, 6.45) is 8.15. The molecule has 0 aromatic heterocycles. The Balaban J connectivity index is 0.000001000. The summed E-state index contributed by atoms with van der Waals surface area (Å²) in [5.74, 6) is 0.208. The first-order valence-corrected chi connectivity index (χ1v) is 7.51. The van der Waals surface area contributed by atoms with E-state index in [1.807, 2.05) is 4.90 Å². The molecule has 2 heterocycles. The number of carbonyl (C=O) groups is 1. The van der Waals surface area contributed by atoms with Crippen molar-refractivity contribution in [3.05, 3.63) is 0 Å². The lowest BCUT2D eigenvalue weighted by molar-refractivity contribution is -0.135. The third-order valence-corrected chi connectivity index (χ3v) is 4.87. The number of piperidine rings is 2. The van der Waals surface area contributed by atoms with Crippen LogP contribution in [0, 0.1) is 0 Å². The molecule has 2 aliphatic heterocycles. The number of amides is 1. The van der Waals surface area contributed by atoms with E-state index in [9.17, 15) is 4.79 Å². The highest BCUT2D eigenvalue weighted by Crippen LogP contribution is 2.35. The fraction of sp³-hybridized carbons (Fsp3) is 0.929. The van der Waals surface area contributed by atoms with Crippen LogP contribution in [0.1, 0.15) is 44.9 Å². The molecule has 6 heteroatoms. The van der Waals surface area contributed by atoms with Gasteiger partial charge in [0.15, 0.2) is 0 Å². The monoisotopic (exact) mass is 323 g/mol. The fourth-order valence-corrected chi connectivity index (χ4v) is 3.38. The smallest absolute Gasteiger partial charge is 0.242 e. The zero-order valence-electron chi connectivity index (χ0n) is 12.1. The summed E-state index contributed by atoms with van der Waals surface area (Å²) in [5, 5.41) is 0. The van der Waals surface area contributed by atoms with E-state index >= 15 is 0 Å². The van der Waals surface area contributed by atoms with Crippen LogP contribution in [-0.4, -0.2) is 53.5 Å². The molecule has 1 amide bonds. The number of hydrogen-bond acceptors (Lipinski definition) is 3. The summed E-state index contributed by atoms with van der Waals surface area (Å²) in [7, 11) is 0. The molecule has 0 unspecified atom stereocenters. The van der Waals surface area contributed by atoms with Gasteiger partial charge in [-0.25, -0.2) is 0 Å². The molecule has 118 valence electrons. The molecular weight excluding hydrogens is 297 g/mol. The number of nitrogens with two attached hydrogens (primary N) is 1. The predicted octanol–water partition coefficient (Wildman–Crippen LogP) is 1.80. The van der Waals surface area contributed by atoms with Gasteiger partial charge in [-0.15, -0.1) is 24.8 Å². The van der Waals surface area contributed by atoms with E-state index in [0.717, 1.165) is 38.8 Å². The average molecular weight is 324 g/mol. The van der Waals surface area contributed by atoms with Crippen LogP contribution in [0.4, 0.5) is 0 Å². The SMILES string of the molecule is Cl.Cl.NC1(C(=O)N2CCC(N3CCCCC3)CC2)CC1. The Kier molecular flexibility index (Phi) is 6.58. The van der Waals surface area contributed by atoms with Crippen molar-refractivity contribution in [2.24, 2.45) is 5.73 Å². The summed E-state index contributed by atoms with van der Waals surface area (Å²) >= 11 is 0. The Morgan fingerprint density at radius 2 is 1.50 bits per heavy atom. The number of nitrogens with zero attached hydrogens (tertiary/aromatic N) is 2. The summed E-state index contributed by atoms with van der Waals surface area (Å²) in [5.41, 5.74) is 5.52. The maximum atomic E-state index is 12.2. The van der Waals surface area contributed by atoms with Gasteiger partial charge in [0, 0.05) is 19.1 Å². The maximum absolute atomic E-state index is 12.2. The molecule has 0 spiro atoms. The summed E-state index contributed by atoms with van der Waals surface area (Å²) in [4.78, 5) is 16.8. The molecule has 0 aromatic rings.